The summed E-state index contributed by atoms with van der Waals surface area (Å²) in [5, 5.41) is 7.83. The molecule has 1 saturated heterocycles. The number of imide groups is 1. The van der Waals surface area contributed by atoms with Crippen molar-refractivity contribution in [2.75, 3.05) is 18.4 Å². The predicted octanol–water partition coefficient (Wildman–Crippen LogP) is -0.205. The number of nitrogens with one attached hydrogen (secondary N) is 3. The molecular weight excluding hydrogens is 312 g/mol. The molecule has 1 fully saturated rings. The van der Waals surface area contributed by atoms with E-state index in [9.17, 15) is 19.2 Å². The van der Waals surface area contributed by atoms with E-state index in [1.54, 1.807) is 12.1 Å². The fraction of sp³-hybridized carbons (Fsp3) is 0.375. The lowest BCUT2D eigenvalue weighted by molar-refractivity contribution is -0.134. The summed E-state index contributed by atoms with van der Waals surface area (Å²) in [6.07, 6.45) is 1.79. The number of hydrogen-bond acceptors (Lipinski definition) is 6. The molecule has 0 spiro atoms. The minimum atomic E-state index is -0.781. The van der Waals surface area contributed by atoms with Crippen LogP contribution in [0.15, 0.2) is 18.2 Å². The zero-order valence-electron chi connectivity index (χ0n) is 13.1. The number of nitrogens with two attached hydrogens (primary N) is 1. The topological polar surface area (TPSA) is 130 Å². The van der Waals surface area contributed by atoms with Gasteiger partial charge in [-0.2, -0.15) is 0 Å². The summed E-state index contributed by atoms with van der Waals surface area (Å²) in [5.74, 6) is -1.42. The Morgan fingerprint density at radius 3 is 2.83 bits per heavy atom. The van der Waals surface area contributed by atoms with Gasteiger partial charge in [0.15, 0.2) is 6.29 Å². The molecule has 1 heterocycles. The summed E-state index contributed by atoms with van der Waals surface area (Å²) in [5.41, 5.74) is 6.53. The second-order valence-corrected chi connectivity index (χ2v) is 5.47. The molecule has 3 amide bonds. The van der Waals surface area contributed by atoms with E-state index in [0.717, 1.165) is 6.42 Å². The van der Waals surface area contributed by atoms with E-state index < -0.39 is 17.9 Å². The number of amides is 3. The number of anilines is 1. The Labute approximate surface area is 139 Å². The third-order valence-electron chi connectivity index (χ3n) is 3.68. The minimum Gasteiger partial charge on any atom is -0.385 e. The normalized spacial score (nSPS) is 17.1. The SMILES string of the molecule is NCCCNc1ccc(C(=O)NC2CCC(=O)NC2=O)c(C=O)c1. The number of benzene rings is 1. The number of hydrogen-bond donors (Lipinski definition) is 4. The van der Waals surface area contributed by atoms with Gasteiger partial charge in [-0.25, -0.2) is 0 Å². The Balaban J connectivity index is 2.07. The molecule has 2 rings (SSSR count). The van der Waals surface area contributed by atoms with Gasteiger partial charge in [-0.3, -0.25) is 24.5 Å². The van der Waals surface area contributed by atoms with Crippen LogP contribution in [0.3, 0.4) is 0 Å². The average Bonchev–Trinajstić information content (AvgIpc) is 2.57. The summed E-state index contributed by atoms with van der Waals surface area (Å²) in [6.45, 7) is 1.22. The van der Waals surface area contributed by atoms with Gasteiger partial charge in [0.1, 0.15) is 6.04 Å². The standard InChI is InChI=1S/C16H20N4O4/c17-6-1-7-18-11-2-3-12(10(8-11)9-21)15(23)19-13-4-5-14(22)20-16(13)24/h2-3,8-9,13,18H,1,4-7,17H2,(H,19,23)(H,20,22,24). The van der Waals surface area contributed by atoms with E-state index in [4.69, 9.17) is 5.73 Å². The Kier molecular flexibility index (Phi) is 6.02. The Hall–Kier alpha value is -2.74. The Morgan fingerprint density at radius 2 is 2.17 bits per heavy atom. The maximum atomic E-state index is 12.3. The molecule has 24 heavy (non-hydrogen) atoms. The van der Waals surface area contributed by atoms with Gasteiger partial charge in [-0.05, 0) is 37.6 Å². The summed E-state index contributed by atoms with van der Waals surface area (Å²) in [6, 6.07) is 4.00. The van der Waals surface area contributed by atoms with Crippen LogP contribution in [0.4, 0.5) is 5.69 Å². The first-order valence-electron chi connectivity index (χ1n) is 7.73. The molecule has 8 heteroatoms. The lowest BCUT2D eigenvalue weighted by Crippen LogP contribution is -2.52. The molecule has 8 nitrogen and oxygen atoms in total. The van der Waals surface area contributed by atoms with Crippen molar-refractivity contribution in [2.24, 2.45) is 5.73 Å². The van der Waals surface area contributed by atoms with Crippen LogP contribution in [0.5, 0.6) is 0 Å². The smallest absolute Gasteiger partial charge is 0.252 e. The van der Waals surface area contributed by atoms with Gasteiger partial charge >= 0.3 is 0 Å². The van der Waals surface area contributed by atoms with Gasteiger partial charge in [-0.1, -0.05) is 0 Å². The van der Waals surface area contributed by atoms with Crippen molar-refractivity contribution < 1.29 is 19.2 Å². The van der Waals surface area contributed by atoms with Gasteiger partial charge in [-0.15, -0.1) is 0 Å². The summed E-state index contributed by atoms with van der Waals surface area (Å²) in [4.78, 5) is 46.4. The zero-order chi connectivity index (χ0) is 17.5. The van der Waals surface area contributed by atoms with Gasteiger partial charge < -0.3 is 16.4 Å². The van der Waals surface area contributed by atoms with Crippen LogP contribution in [0, 0.1) is 0 Å². The number of piperidine rings is 1. The van der Waals surface area contributed by atoms with Gasteiger partial charge in [0.05, 0.1) is 0 Å². The molecule has 1 aliphatic rings. The molecule has 1 aliphatic heterocycles. The van der Waals surface area contributed by atoms with Gasteiger partial charge in [0, 0.05) is 29.8 Å². The monoisotopic (exact) mass is 332 g/mol. The van der Waals surface area contributed by atoms with Crippen molar-refractivity contribution in [2.45, 2.75) is 25.3 Å². The first-order chi connectivity index (χ1) is 11.5. The van der Waals surface area contributed by atoms with Crippen molar-refractivity contribution >= 4 is 29.7 Å². The maximum Gasteiger partial charge on any atom is 0.252 e. The van der Waals surface area contributed by atoms with Crippen molar-refractivity contribution in [1.29, 1.82) is 0 Å². The van der Waals surface area contributed by atoms with Crippen LogP contribution in [0.25, 0.3) is 0 Å². The molecule has 1 atom stereocenters. The van der Waals surface area contributed by atoms with Crippen LogP contribution in [0.2, 0.25) is 0 Å². The van der Waals surface area contributed by atoms with E-state index in [1.165, 1.54) is 6.07 Å². The number of carbonyl (C=O) groups is 4. The highest BCUT2D eigenvalue weighted by Gasteiger charge is 2.28. The molecule has 128 valence electrons. The average molecular weight is 332 g/mol. The molecule has 1 aromatic carbocycles. The van der Waals surface area contributed by atoms with Crippen LogP contribution in [0.1, 0.15) is 40.0 Å². The summed E-state index contributed by atoms with van der Waals surface area (Å²) < 4.78 is 0. The Bertz CT molecular complexity index is 659. The number of aldehydes is 1. The maximum absolute atomic E-state index is 12.3. The molecule has 0 aromatic heterocycles. The highest BCUT2D eigenvalue weighted by Crippen LogP contribution is 2.15. The fourth-order valence-electron chi connectivity index (χ4n) is 2.38. The molecule has 1 unspecified atom stereocenters. The van der Waals surface area contributed by atoms with Gasteiger partial charge in [0.2, 0.25) is 11.8 Å². The zero-order valence-corrected chi connectivity index (χ0v) is 13.1. The molecule has 0 aliphatic carbocycles. The molecule has 0 bridgehead atoms. The first-order valence-corrected chi connectivity index (χ1v) is 7.73. The lowest BCUT2D eigenvalue weighted by Gasteiger charge is -2.22. The van der Waals surface area contributed by atoms with E-state index >= 15 is 0 Å². The van der Waals surface area contributed by atoms with E-state index in [1.807, 2.05) is 0 Å². The fourth-order valence-corrected chi connectivity index (χ4v) is 2.38. The summed E-state index contributed by atoms with van der Waals surface area (Å²) >= 11 is 0. The van der Waals surface area contributed by atoms with Crippen molar-refractivity contribution in [3.8, 4) is 0 Å². The highest BCUT2D eigenvalue weighted by molar-refractivity contribution is 6.06. The second-order valence-electron chi connectivity index (χ2n) is 5.47. The molecule has 5 N–H and O–H groups in total. The van der Waals surface area contributed by atoms with Crippen molar-refractivity contribution in [3.63, 3.8) is 0 Å². The van der Waals surface area contributed by atoms with Crippen LogP contribution in [-0.4, -0.2) is 43.1 Å². The molecule has 1 aromatic rings. The van der Waals surface area contributed by atoms with E-state index in [2.05, 4.69) is 16.0 Å². The van der Waals surface area contributed by atoms with E-state index in [0.29, 0.717) is 25.1 Å². The third kappa shape index (κ3) is 4.39. The summed E-state index contributed by atoms with van der Waals surface area (Å²) in [7, 11) is 0. The molecule has 0 saturated carbocycles. The van der Waals surface area contributed by atoms with Crippen LogP contribution >= 0.6 is 0 Å². The number of rotatable bonds is 7. The predicted molar refractivity (Wildman–Crippen MR) is 87.6 cm³/mol. The van der Waals surface area contributed by atoms with Crippen LogP contribution in [-0.2, 0) is 9.59 Å². The third-order valence-corrected chi connectivity index (χ3v) is 3.68. The molecular formula is C16H20N4O4. The van der Waals surface area contributed by atoms with Crippen LogP contribution < -0.4 is 21.7 Å². The Morgan fingerprint density at radius 1 is 1.38 bits per heavy atom. The van der Waals surface area contributed by atoms with E-state index in [-0.39, 0.29) is 29.9 Å². The van der Waals surface area contributed by atoms with Crippen molar-refractivity contribution in [1.82, 2.24) is 10.6 Å². The highest BCUT2D eigenvalue weighted by atomic mass is 16.2. The number of carbonyl (C=O) groups excluding carboxylic acids is 4. The van der Waals surface area contributed by atoms with Gasteiger partial charge in [0.25, 0.3) is 5.91 Å². The largest absolute Gasteiger partial charge is 0.385 e. The minimum absolute atomic E-state index is 0.168. The quantitative estimate of drug-likeness (QED) is 0.311. The first kappa shape index (κ1) is 17.6. The lowest BCUT2D eigenvalue weighted by atomic mass is 10.0. The molecule has 0 radical (unpaired) electrons. The second kappa shape index (κ2) is 8.21. The van der Waals surface area contributed by atoms with Crippen molar-refractivity contribution in [3.05, 3.63) is 29.3 Å².